The van der Waals surface area contributed by atoms with Crippen molar-refractivity contribution in [1.82, 2.24) is 10.3 Å². The van der Waals surface area contributed by atoms with Crippen LogP contribution >= 0.6 is 11.3 Å². The molecule has 0 radical (unpaired) electrons. The summed E-state index contributed by atoms with van der Waals surface area (Å²) in [7, 11) is 3.31. The molecule has 2 aromatic rings. The number of aromatic nitrogens is 1. The maximum atomic E-state index is 5.34. The molecule has 0 aliphatic carbocycles. The first-order valence-corrected chi connectivity index (χ1v) is 6.56. The van der Waals surface area contributed by atoms with Gasteiger partial charge in [-0.25, -0.2) is 4.98 Å². The summed E-state index contributed by atoms with van der Waals surface area (Å²) in [5, 5.41) is 5.38. The first-order chi connectivity index (χ1) is 8.83. The zero-order valence-electron chi connectivity index (χ0n) is 10.5. The fourth-order valence-electron chi connectivity index (χ4n) is 1.65. The topological polar surface area (TPSA) is 43.4 Å². The molecule has 0 bridgehead atoms. The minimum absolute atomic E-state index is 0.741. The summed E-state index contributed by atoms with van der Waals surface area (Å²) in [5.41, 5.74) is 4.01. The van der Waals surface area contributed by atoms with E-state index in [4.69, 9.17) is 9.47 Å². The summed E-state index contributed by atoms with van der Waals surface area (Å²) in [6, 6.07) is 5.83. The third-order valence-electron chi connectivity index (χ3n) is 2.60. The quantitative estimate of drug-likeness (QED) is 0.870. The lowest BCUT2D eigenvalue weighted by Crippen LogP contribution is -2.13. The molecule has 1 aromatic heterocycles. The van der Waals surface area contributed by atoms with Crippen LogP contribution in [-0.4, -0.2) is 19.2 Å². The Kier molecular flexibility index (Phi) is 4.55. The molecule has 0 fully saturated rings. The summed E-state index contributed by atoms with van der Waals surface area (Å²) in [4.78, 5) is 4.22. The molecule has 5 heteroatoms. The minimum atomic E-state index is 0.741. The van der Waals surface area contributed by atoms with Crippen molar-refractivity contribution in [2.24, 2.45) is 0 Å². The molecule has 0 atom stereocenters. The van der Waals surface area contributed by atoms with Gasteiger partial charge in [0.05, 0.1) is 25.4 Å². The van der Waals surface area contributed by atoms with Gasteiger partial charge in [-0.1, -0.05) is 6.07 Å². The molecule has 0 aliphatic rings. The van der Waals surface area contributed by atoms with Crippen molar-refractivity contribution in [3.63, 3.8) is 0 Å². The first kappa shape index (κ1) is 12.9. The fourth-order valence-corrected chi connectivity index (χ4v) is 2.21. The second-order valence-electron chi connectivity index (χ2n) is 3.76. The van der Waals surface area contributed by atoms with E-state index in [0.717, 1.165) is 35.8 Å². The summed E-state index contributed by atoms with van der Waals surface area (Å²) >= 11 is 1.61. The maximum absolute atomic E-state index is 5.34. The first-order valence-electron chi connectivity index (χ1n) is 5.62. The Hall–Kier alpha value is -1.59. The Labute approximate surface area is 111 Å². The van der Waals surface area contributed by atoms with Crippen LogP contribution in [0.3, 0.4) is 0 Å². The van der Waals surface area contributed by atoms with E-state index >= 15 is 0 Å². The number of ether oxygens (including phenoxy) is 2. The Morgan fingerprint density at radius 3 is 2.78 bits per heavy atom. The molecule has 1 heterocycles. The number of hydrogen-bond donors (Lipinski definition) is 1. The molecule has 2 rings (SSSR count). The van der Waals surface area contributed by atoms with Gasteiger partial charge in [0.1, 0.15) is 11.5 Å². The number of hydrogen-bond acceptors (Lipinski definition) is 5. The van der Waals surface area contributed by atoms with Crippen LogP contribution in [0, 0.1) is 0 Å². The monoisotopic (exact) mass is 264 g/mol. The van der Waals surface area contributed by atoms with Gasteiger partial charge in [-0.05, 0) is 6.07 Å². The van der Waals surface area contributed by atoms with Crippen molar-refractivity contribution in [3.8, 4) is 11.5 Å². The minimum Gasteiger partial charge on any atom is -0.497 e. The second-order valence-corrected chi connectivity index (χ2v) is 4.48. The summed E-state index contributed by atoms with van der Waals surface area (Å²) in [6.45, 7) is 1.50. The van der Waals surface area contributed by atoms with Crippen molar-refractivity contribution < 1.29 is 9.47 Å². The Bertz CT molecular complexity index is 486. The molecule has 96 valence electrons. The van der Waals surface area contributed by atoms with E-state index in [1.165, 1.54) is 0 Å². The van der Waals surface area contributed by atoms with Crippen molar-refractivity contribution in [1.29, 1.82) is 0 Å². The summed E-state index contributed by atoms with van der Waals surface area (Å²) in [6.07, 6.45) is 0. The van der Waals surface area contributed by atoms with Gasteiger partial charge < -0.3 is 14.8 Å². The lowest BCUT2D eigenvalue weighted by atomic mass is 10.2. The Morgan fingerprint density at radius 2 is 2.11 bits per heavy atom. The van der Waals surface area contributed by atoms with Gasteiger partial charge in [0.15, 0.2) is 0 Å². The van der Waals surface area contributed by atoms with E-state index in [-0.39, 0.29) is 0 Å². The van der Waals surface area contributed by atoms with Crippen LogP contribution in [-0.2, 0) is 13.1 Å². The number of benzene rings is 1. The molecule has 0 unspecified atom stereocenters. The molecule has 0 spiro atoms. The summed E-state index contributed by atoms with van der Waals surface area (Å²) < 4.78 is 10.5. The van der Waals surface area contributed by atoms with Gasteiger partial charge in [-0.3, -0.25) is 0 Å². The summed E-state index contributed by atoms with van der Waals surface area (Å²) in [5.74, 6) is 1.63. The van der Waals surface area contributed by atoms with Gasteiger partial charge in [0, 0.05) is 30.1 Å². The zero-order chi connectivity index (χ0) is 12.8. The van der Waals surface area contributed by atoms with E-state index in [9.17, 15) is 0 Å². The largest absolute Gasteiger partial charge is 0.497 e. The zero-order valence-corrected chi connectivity index (χ0v) is 11.3. The van der Waals surface area contributed by atoms with E-state index < -0.39 is 0 Å². The highest BCUT2D eigenvalue weighted by Crippen LogP contribution is 2.24. The van der Waals surface area contributed by atoms with Crippen molar-refractivity contribution in [2.45, 2.75) is 13.1 Å². The number of thiazole rings is 1. The maximum Gasteiger partial charge on any atom is 0.127 e. The van der Waals surface area contributed by atoms with Crippen molar-refractivity contribution in [3.05, 3.63) is 40.3 Å². The highest BCUT2D eigenvalue weighted by Gasteiger charge is 2.04. The van der Waals surface area contributed by atoms with Crippen LogP contribution in [0.15, 0.2) is 29.1 Å². The molecule has 0 amide bonds. The van der Waals surface area contributed by atoms with Gasteiger partial charge in [0.2, 0.25) is 0 Å². The number of methoxy groups -OCH3 is 2. The van der Waals surface area contributed by atoms with E-state index in [1.807, 2.05) is 29.1 Å². The van der Waals surface area contributed by atoms with Gasteiger partial charge in [-0.15, -0.1) is 11.3 Å². The third-order valence-corrected chi connectivity index (χ3v) is 3.23. The standard InChI is InChI=1S/C13H16N2O2S/c1-16-12-4-3-10(13(5-12)17-2)6-14-7-11-8-18-9-15-11/h3-5,8-9,14H,6-7H2,1-2H3. The van der Waals surface area contributed by atoms with Crippen molar-refractivity contribution >= 4 is 11.3 Å². The molecule has 1 aromatic carbocycles. The second kappa shape index (κ2) is 6.37. The number of nitrogens with zero attached hydrogens (tertiary/aromatic N) is 1. The molecule has 0 aliphatic heterocycles. The molecule has 0 saturated carbocycles. The Balaban J connectivity index is 1.96. The third kappa shape index (κ3) is 3.21. The average Bonchev–Trinajstić information content (AvgIpc) is 2.92. The van der Waals surface area contributed by atoms with Crippen LogP contribution < -0.4 is 14.8 Å². The van der Waals surface area contributed by atoms with Crippen LogP contribution in [0.5, 0.6) is 11.5 Å². The average molecular weight is 264 g/mol. The van der Waals surface area contributed by atoms with Gasteiger partial charge in [-0.2, -0.15) is 0 Å². The molecular weight excluding hydrogens is 248 g/mol. The lowest BCUT2D eigenvalue weighted by Gasteiger charge is -2.10. The Morgan fingerprint density at radius 1 is 1.22 bits per heavy atom. The molecular formula is C13H16N2O2S. The highest BCUT2D eigenvalue weighted by atomic mass is 32.1. The predicted octanol–water partition coefficient (Wildman–Crippen LogP) is 2.45. The normalized spacial score (nSPS) is 10.3. The van der Waals surface area contributed by atoms with Crippen LogP contribution in [0.25, 0.3) is 0 Å². The van der Waals surface area contributed by atoms with Gasteiger partial charge >= 0.3 is 0 Å². The van der Waals surface area contributed by atoms with Gasteiger partial charge in [0.25, 0.3) is 0 Å². The SMILES string of the molecule is COc1ccc(CNCc2cscn2)c(OC)c1. The van der Waals surface area contributed by atoms with E-state index in [2.05, 4.69) is 10.3 Å². The van der Waals surface area contributed by atoms with Crippen LogP contribution in [0.2, 0.25) is 0 Å². The highest BCUT2D eigenvalue weighted by molar-refractivity contribution is 7.07. The number of nitrogens with one attached hydrogen (secondary N) is 1. The molecule has 4 nitrogen and oxygen atoms in total. The fraction of sp³-hybridized carbons (Fsp3) is 0.308. The predicted molar refractivity (Wildman–Crippen MR) is 72.2 cm³/mol. The van der Waals surface area contributed by atoms with Crippen LogP contribution in [0.4, 0.5) is 0 Å². The number of rotatable bonds is 6. The van der Waals surface area contributed by atoms with E-state index in [1.54, 1.807) is 25.6 Å². The molecule has 0 saturated heterocycles. The van der Waals surface area contributed by atoms with E-state index in [0.29, 0.717) is 0 Å². The molecule has 18 heavy (non-hydrogen) atoms. The van der Waals surface area contributed by atoms with Crippen LogP contribution in [0.1, 0.15) is 11.3 Å². The lowest BCUT2D eigenvalue weighted by molar-refractivity contribution is 0.389. The molecule has 1 N–H and O–H groups in total. The van der Waals surface area contributed by atoms with Crippen molar-refractivity contribution in [2.75, 3.05) is 14.2 Å². The smallest absolute Gasteiger partial charge is 0.127 e.